The van der Waals surface area contributed by atoms with Crippen LogP contribution in [0.15, 0.2) is 35.3 Å². The molecule has 0 bridgehead atoms. The first-order valence-corrected chi connectivity index (χ1v) is 9.69. The van der Waals surface area contributed by atoms with Gasteiger partial charge >= 0.3 is 0 Å². The van der Waals surface area contributed by atoms with Crippen LogP contribution in [-0.4, -0.2) is 56.4 Å². The lowest BCUT2D eigenvalue weighted by Crippen LogP contribution is -2.40. The molecule has 1 aliphatic rings. The Bertz CT molecular complexity index is 586. The van der Waals surface area contributed by atoms with Crippen LogP contribution in [0.5, 0.6) is 0 Å². The fourth-order valence-electron chi connectivity index (χ4n) is 3.06. The Morgan fingerprint density at radius 3 is 2.74 bits per heavy atom. The second-order valence-electron chi connectivity index (χ2n) is 6.91. The van der Waals surface area contributed by atoms with Crippen LogP contribution in [0.25, 0.3) is 0 Å². The summed E-state index contributed by atoms with van der Waals surface area (Å²) in [5.74, 6) is 0.695. The SMILES string of the molecule is CCNC(=NCC1(CCO)CCOC1)NCCC(=O)NCc1ccccc1. The molecule has 0 saturated carbocycles. The third kappa shape index (κ3) is 7.56. The van der Waals surface area contributed by atoms with E-state index in [-0.39, 0.29) is 17.9 Å². The summed E-state index contributed by atoms with van der Waals surface area (Å²) in [6.45, 7) is 5.90. The summed E-state index contributed by atoms with van der Waals surface area (Å²) >= 11 is 0. The van der Waals surface area contributed by atoms with Gasteiger partial charge in [0.05, 0.1) is 13.2 Å². The Balaban J connectivity index is 1.75. The van der Waals surface area contributed by atoms with E-state index in [2.05, 4.69) is 20.9 Å². The molecule has 0 aromatic heterocycles. The van der Waals surface area contributed by atoms with E-state index in [1.807, 2.05) is 37.3 Å². The molecule has 1 unspecified atom stereocenters. The molecule has 0 radical (unpaired) electrons. The number of aliphatic imine (C=N–C) groups is 1. The molecule has 7 nitrogen and oxygen atoms in total. The summed E-state index contributed by atoms with van der Waals surface area (Å²) in [4.78, 5) is 16.7. The highest BCUT2D eigenvalue weighted by atomic mass is 16.5. The third-order valence-electron chi connectivity index (χ3n) is 4.72. The zero-order valence-electron chi connectivity index (χ0n) is 16.2. The molecule has 1 atom stereocenters. The number of aliphatic hydroxyl groups is 1. The lowest BCUT2D eigenvalue weighted by molar-refractivity contribution is -0.121. The molecular weight excluding hydrogens is 344 g/mol. The van der Waals surface area contributed by atoms with E-state index in [1.165, 1.54) is 0 Å². The lowest BCUT2D eigenvalue weighted by atomic mass is 9.84. The number of nitrogens with zero attached hydrogens (tertiary/aromatic N) is 1. The van der Waals surface area contributed by atoms with Crippen molar-refractivity contribution in [2.75, 3.05) is 39.5 Å². The molecule has 150 valence electrons. The quantitative estimate of drug-likeness (QED) is 0.362. The van der Waals surface area contributed by atoms with Crippen LogP contribution in [0.3, 0.4) is 0 Å². The van der Waals surface area contributed by atoms with Crippen LogP contribution in [0.1, 0.15) is 31.7 Å². The normalized spacial score (nSPS) is 19.7. The number of rotatable bonds is 10. The van der Waals surface area contributed by atoms with Crippen LogP contribution in [0.4, 0.5) is 0 Å². The fraction of sp³-hybridized carbons (Fsp3) is 0.600. The lowest BCUT2D eigenvalue weighted by Gasteiger charge is -2.24. The molecule has 2 rings (SSSR count). The minimum Gasteiger partial charge on any atom is -0.396 e. The van der Waals surface area contributed by atoms with Gasteiger partial charge in [-0.2, -0.15) is 0 Å². The Morgan fingerprint density at radius 1 is 1.26 bits per heavy atom. The van der Waals surface area contributed by atoms with Crippen LogP contribution in [-0.2, 0) is 16.1 Å². The van der Waals surface area contributed by atoms with E-state index < -0.39 is 0 Å². The molecule has 1 aromatic carbocycles. The van der Waals surface area contributed by atoms with E-state index in [9.17, 15) is 9.90 Å². The molecule has 1 amide bonds. The molecule has 1 fully saturated rings. The molecule has 1 aromatic rings. The number of aliphatic hydroxyl groups excluding tert-OH is 1. The summed E-state index contributed by atoms with van der Waals surface area (Å²) in [6.07, 6.45) is 1.98. The van der Waals surface area contributed by atoms with Gasteiger partial charge in [-0.15, -0.1) is 0 Å². The van der Waals surface area contributed by atoms with E-state index in [1.54, 1.807) is 0 Å². The van der Waals surface area contributed by atoms with Crippen molar-refractivity contribution in [3.05, 3.63) is 35.9 Å². The first-order valence-electron chi connectivity index (χ1n) is 9.69. The van der Waals surface area contributed by atoms with Gasteiger partial charge in [-0.3, -0.25) is 9.79 Å². The molecule has 4 N–H and O–H groups in total. The molecule has 0 aliphatic carbocycles. The van der Waals surface area contributed by atoms with Crippen molar-refractivity contribution in [1.29, 1.82) is 0 Å². The number of ether oxygens (including phenoxy) is 1. The van der Waals surface area contributed by atoms with Crippen LogP contribution in [0, 0.1) is 5.41 Å². The van der Waals surface area contributed by atoms with Crippen molar-refractivity contribution in [2.45, 2.75) is 32.7 Å². The Labute approximate surface area is 161 Å². The maximum absolute atomic E-state index is 12.0. The fourth-order valence-corrected chi connectivity index (χ4v) is 3.06. The Morgan fingerprint density at radius 2 is 2.07 bits per heavy atom. The van der Waals surface area contributed by atoms with Crippen LogP contribution in [0.2, 0.25) is 0 Å². The largest absolute Gasteiger partial charge is 0.396 e. The average molecular weight is 377 g/mol. The van der Waals surface area contributed by atoms with Crippen molar-refractivity contribution in [2.24, 2.45) is 10.4 Å². The van der Waals surface area contributed by atoms with Crippen molar-refractivity contribution in [3.63, 3.8) is 0 Å². The van der Waals surface area contributed by atoms with E-state index >= 15 is 0 Å². The molecule has 1 heterocycles. The van der Waals surface area contributed by atoms with Gasteiger partial charge in [-0.25, -0.2) is 0 Å². The molecule has 7 heteroatoms. The van der Waals surface area contributed by atoms with Gasteiger partial charge in [0.1, 0.15) is 0 Å². The first kappa shape index (κ1) is 21.2. The highest BCUT2D eigenvalue weighted by Crippen LogP contribution is 2.32. The van der Waals surface area contributed by atoms with Gasteiger partial charge in [0.15, 0.2) is 5.96 Å². The maximum atomic E-state index is 12.0. The smallest absolute Gasteiger partial charge is 0.222 e. The van der Waals surface area contributed by atoms with Gasteiger partial charge in [0, 0.05) is 44.7 Å². The predicted octanol–water partition coefficient (Wildman–Crippen LogP) is 1.04. The number of guanidine groups is 1. The number of nitrogens with one attached hydrogen (secondary N) is 3. The van der Waals surface area contributed by atoms with E-state index in [4.69, 9.17) is 4.74 Å². The molecular formula is C20H32N4O3. The maximum Gasteiger partial charge on any atom is 0.222 e. The van der Waals surface area contributed by atoms with Gasteiger partial charge in [0.2, 0.25) is 5.91 Å². The van der Waals surface area contributed by atoms with Gasteiger partial charge < -0.3 is 25.8 Å². The first-order chi connectivity index (χ1) is 13.2. The number of hydrogen-bond acceptors (Lipinski definition) is 4. The van der Waals surface area contributed by atoms with Crippen molar-refractivity contribution in [3.8, 4) is 0 Å². The summed E-state index contributed by atoms with van der Waals surface area (Å²) in [5, 5.41) is 18.6. The second-order valence-corrected chi connectivity index (χ2v) is 6.91. The van der Waals surface area contributed by atoms with E-state index in [0.29, 0.717) is 45.0 Å². The summed E-state index contributed by atoms with van der Waals surface area (Å²) in [5.41, 5.74) is 1.01. The minimum atomic E-state index is -0.0792. The second kappa shape index (κ2) is 11.6. The highest BCUT2D eigenvalue weighted by molar-refractivity contribution is 5.81. The molecule has 1 saturated heterocycles. The summed E-state index contributed by atoms with van der Waals surface area (Å²) < 4.78 is 5.51. The highest BCUT2D eigenvalue weighted by Gasteiger charge is 2.34. The minimum absolute atomic E-state index is 0.00291. The predicted molar refractivity (Wildman–Crippen MR) is 106 cm³/mol. The van der Waals surface area contributed by atoms with Gasteiger partial charge in [-0.1, -0.05) is 30.3 Å². The van der Waals surface area contributed by atoms with Crippen molar-refractivity contribution < 1.29 is 14.6 Å². The molecule has 27 heavy (non-hydrogen) atoms. The topological polar surface area (TPSA) is 95.0 Å². The number of amides is 1. The summed E-state index contributed by atoms with van der Waals surface area (Å²) in [7, 11) is 0. The van der Waals surface area contributed by atoms with Crippen LogP contribution >= 0.6 is 0 Å². The third-order valence-corrected chi connectivity index (χ3v) is 4.72. The van der Waals surface area contributed by atoms with Gasteiger partial charge in [-0.05, 0) is 25.3 Å². The monoisotopic (exact) mass is 376 g/mol. The Hall–Kier alpha value is -2.12. The zero-order chi connectivity index (χ0) is 19.4. The van der Waals surface area contributed by atoms with Crippen molar-refractivity contribution in [1.82, 2.24) is 16.0 Å². The number of benzene rings is 1. The zero-order valence-corrected chi connectivity index (χ0v) is 16.2. The molecule has 1 aliphatic heterocycles. The standard InChI is InChI=1S/C20H32N4O3/c1-2-21-19(24-15-20(9-12-25)10-13-27-16-20)22-11-8-18(26)23-14-17-6-4-3-5-7-17/h3-7,25H,2,8-16H2,1H3,(H,23,26)(H2,21,22,24). The van der Waals surface area contributed by atoms with Gasteiger partial charge in [0.25, 0.3) is 0 Å². The number of carbonyl (C=O) groups is 1. The van der Waals surface area contributed by atoms with Crippen LogP contribution < -0.4 is 16.0 Å². The van der Waals surface area contributed by atoms with Crippen molar-refractivity contribution >= 4 is 11.9 Å². The average Bonchev–Trinajstić information content (AvgIpc) is 3.14. The Kier molecular flexibility index (Phi) is 9.07. The number of carbonyl (C=O) groups excluding carboxylic acids is 1. The molecule has 0 spiro atoms. The number of hydrogen-bond donors (Lipinski definition) is 4. The van der Waals surface area contributed by atoms with E-state index in [0.717, 1.165) is 25.1 Å². The summed E-state index contributed by atoms with van der Waals surface area (Å²) in [6, 6.07) is 9.86.